The summed E-state index contributed by atoms with van der Waals surface area (Å²) in [6.07, 6.45) is 2.97. The molecule has 2 rings (SSSR count). The molecule has 0 aliphatic heterocycles. The number of aromatic amines is 1. The van der Waals surface area contributed by atoms with Gasteiger partial charge >= 0.3 is 0 Å². The van der Waals surface area contributed by atoms with E-state index in [-0.39, 0.29) is 11.7 Å². The molecule has 0 unspecified atom stereocenters. The summed E-state index contributed by atoms with van der Waals surface area (Å²) in [4.78, 5) is 15.8. The van der Waals surface area contributed by atoms with Crippen molar-refractivity contribution >= 4 is 5.91 Å². The molecule has 3 N–H and O–H groups in total. The summed E-state index contributed by atoms with van der Waals surface area (Å²) in [5.41, 5.74) is 1.21. The van der Waals surface area contributed by atoms with Crippen LogP contribution in [0.25, 0.3) is 0 Å². The van der Waals surface area contributed by atoms with E-state index in [1.807, 2.05) is 0 Å². The number of benzene rings is 1. The number of carbonyl (C=O) groups excluding carboxylic acids is 1. The number of amides is 1. The van der Waals surface area contributed by atoms with Crippen LogP contribution >= 0.6 is 0 Å². The zero-order chi connectivity index (χ0) is 13.7. The van der Waals surface area contributed by atoms with Gasteiger partial charge in [0, 0.05) is 18.5 Å². The van der Waals surface area contributed by atoms with Crippen molar-refractivity contribution in [1.29, 1.82) is 0 Å². The molecule has 19 heavy (non-hydrogen) atoms. The number of aryl methyl sites for hydroxylation is 2. The van der Waals surface area contributed by atoms with Gasteiger partial charge in [-0.15, -0.1) is 0 Å². The standard InChI is InChI=1S/C13H16N4O2/c1-9-4-5-10(7-11(9)18)13(19)14-6-2-3-12-15-8-16-17-12/h4-5,7-8,18H,2-3,6H2,1H3,(H,14,19)(H,15,16,17). The minimum atomic E-state index is -0.187. The molecule has 0 aliphatic rings. The molecule has 6 heteroatoms. The summed E-state index contributed by atoms with van der Waals surface area (Å²) < 4.78 is 0. The maximum atomic E-state index is 11.8. The lowest BCUT2D eigenvalue weighted by molar-refractivity contribution is 0.0952. The van der Waals surface area contributed by atoms with Gasteiger partial charge in [-0.2, -0.15) is 5.10 Å². The van der Waals surface area contributed by atoms with Crippen LogP contribution in [-0.4, -0.2) is 32.7 Å². The fourth-order valence-electron chi connectivity index (χ4n) is 1.66. The zero-order valence-corrected chi connectivity index (χ0v) is 10.7. The van der Waals surface area contributed by atoms with E-state index in [0.717, 1.165) is 24.2 Å². The molecule has 0 radical (unpaired) electrons. The molecule has 0 saturated heterocycles. The Kier molecular flexibility index (Phi) is 4.12. The second-order valence-corrected chi connectivity index (χ2v) is 4.29. The Morgan fingerprint density at radius 1 is 1.47 bits per heavy atom. The van der Waals surface area contributed by atoms with Crippen molar-refractivity contribution in [2.75, 3.05) is 6.54 Å². The second-order valence-electron chi connectivity index (χ2n) is 4.29. The van der Waals surface area contributed by atoms with Crippen molar-refractivity contribution in [3.05, 3.63) is 41.5 Å². The zero-order valence-electron chi connectivity index (χ0n) is 10.7. The van der Waals surface area contributed by atoms with Crippen LogP contribution in [0, 0.1) is 6.92 Å². The van der Waals surface area contributed by atoms with Gasteiger partial charge in [0.2, 0.25) is 0 Å². The lowest BCUT2D eigenvalue weighted by Gasteiger charge is -2.06. The Bertz CT molecular complexity index is 552. The van der Waals surface area contributed by atoms with Gasteiger partial charge in [-0.3, -0.25) is 9.89 Å². The Morgan fingerprint density at radius 2 is 2.32 bits per heavy atom. The van der Waals surface area contributed by atoms with Crippen LogP contribution in [0.1, 0.15) is 28.2 Å². The first kappa shape index (κ1) is 13.1. The van der Waals surface area contributed by atoms with Gasteiger partial charge in [0.1, 0.15) is 17.9 Å². The number of nitrogens with zero attached hydrogens (tertiary/aromatic N) is 2. The van der Waals surface area contributed by atoms with Crippen molar-refractivity contribution in [3.63, 3.8) is 0 Å². The highest BCUT2D eigenvalue weighted by Gasteiger charge is 2.07. The minimum Gasteiger partial charge on any atom is -0.508 e. The number of nitrogens with one attached hydrogen (secondary N) is 2. The van der Waals surface area contributed by atoms with E-state index in [0.29, 0.717) is 12.1 Å². The molecule has 0 bridgehead atoms. The third-order valence-corrected chi connectivity index (χ3v) is 2.81. The highest BCUT2D eigenvalue weighted by atomic mass is 16.3. The van der Waals surface area contributed by atoms with E-state index in [1.54, 1.807) is 19.1 Å². The van der Waals surface area contributed by atoms with Gasteiger partial charge in [-0.25, -0.2) is 4.98 Å². The van der Waals surface area contributed by atoms with Crippen LogP contribution in [0.2, 0.25) is 0 Å². The van der Waals surface area contributed by atoms with E-state index >= 15 is 0 Å². The SMILES string of the molecule is Cc1ccc(C(=O)NCCCc2ncn[nH]2)cc1O. The number of H-pyrrole nitrogens is 1. The van der Waals surface area contributed by atoms with E-state index in [4.69, 9.17) is 0 Å². The number of aromatic nitrogens is 3. The molecular weight excluding hydrogens is 244 g/mol. The van der Waals surface area contributed by atoms with Crippen LogP contribution in [0.3, 0.4) is 0 Å². The molecule has 1 amide bonds. The van der Waals surface area contributed by atoms with Crippen molar-refractivity contribution < 1.29 is 9.90 Å². The number of phenols is 1. The predicted octanol–water partition coefficient (Wildman–Crippen LogP) is 1.18. The molecule has 100 valence electrons. The van der Waals surface area contributed by atoms with Crippen molar-refractivity contribution in [1.82, 2.24) is 20.5 Å². The van der Waals surface area contributed by atoms with Crippen molar-refractivity contribution in [2.24, 2.45) is 0 Å². The molecule has 0 atom stereocenters. The summed E-state index contributed by atoms with van der Waals surface area (Å²) in [6, 6.07) is 4.89. The third-order valence-electron chi connectivity index (χ3n) is 2.81. The first-order valence-electron chi connectivity index (χ1n) is 6.09. The molecular formula is C13H16N4O2. The Morgan fingerprint density at radius 3 is 3.00 bits per heavy atom. The number of hydrogen-bond donors (Lipinski definition) is 3. The fraction of sp³-hybridized carbons (Fsp3) is 0.308. The average Bonchev–Trinajstić information content (AvgIpc) is 2.91. The number of hydrogen-bond acceptors (Lipinski definition) is 4. The summed E-state index contributed by atoms with van der Waals surface area (Å²) in [5, 5.41) is 18.9. The summed E-state index contributed by atoms with van der Waals surface area (Å²) >= 11 is 0. The quantitative estimate of drug-likeness (QED) is 0.704. The summed E-state index contributed by atoms with van der Waals surface area (Å²) in [7, 11) is 0. The number of phenolic OH excluding ortho intramolecular Hbond substituents is 1. The molecule has 0 aliphatic carbocycles. The molecule has 0 saturated carbocycles. The molecule has 1 aromatic heterocycles. The predicted molar refractivity (Wildman–Crippen MR) is 69.9 cm³/mol. The molecule has 1 aromatic carbocycles. The highest BCUT2D eigenvalue weighted by molar-refractivity contribution is 5.94. The Labute approximate surface area is 110 Å². The van der Waals surface area contributed by atoms with Gasteiger partial charge in [-0.05, 0) is 31.0 Å². The largest absolute Gasteiger partial charge is 0.508 e. The molecule has 2 aromatic rings. The fourth-order valence-corrected chi connectivity index (χ4v) is 1.66. The molecule has 1 heterocycles. The van der Waals surface area contributed by atoms with E-state index in [2.05, 4.69) is 20.5 Å². The lowest BCUT2D eigenvalue weighted by atomic mass is 10.1. The first-order valence-corrected chi connectivity index (χ1v) is 6.09. The van der Waals surface area contributed by atoms with Gasteiger partial charge in [0.25, 0.3) is 5.91 Å². The van der Waals surface area contributed by atoms with Crippen LogP contribution in [0.5, 0.6) is 5.75 Å². The van der Waals surface area contributed by atoms with Gasteiger partial charge in [-0.1, -0.05) is 6.07 Å². The Hall–Kier alpha value is -2.37. The third kappa shape index (κ3) is 3.54. The number of aromatic hydroxyl groups is 1. The maximum absolute atomic E-state index is 11.8. The van der Waals surface area contributed by atoms with E-state index < -0.39 is 0 Å². The summed E-state index contributed by atoms with van der Waals surface area (Å²) in [5.74, 6) is 0.754. The minimum absolute atomic E-state index is 0.134. The Balaban J connectivity index is 1.79. The van der Waals surface area contributed by atoms with Crippen molar-refractivity contribution in [2.45, 2.75) is 19.8 Å². The van der Waals surface area contributed by atoms with E-state index in [1.165, 1.54) is 12.4 Å². The molecule has 0 fully saturated rings. The van der Waals surface area contributed by atoms with Crippen LogP contribution < -0.4 is 5.32 Å². The molecule has 6 nitrogen and oxygen atoms in total. The topological polar surface area (TPSA) is 90.9 Å². The number of rotatable bonds is 5. The maximum Gasteiger partial charge on any atom is 0.251 e. The van der Waals surface area contributed by atoms with Gasteiger partial charge in [0.15, 0.2) is 0 Å². The van der Waals surface area contributed by atoms with Crippen molar-refractivity contribution in [3.8, 4) is 5.75 Å². The van der Waals surface area contributed by atoms with Gasteiger partial charge < -0.3 is 10.4 Å². The second kappa shape index (κ2) is 5.99. The lowest BCUT2D eigenvalue weighted by Crippen LogP contribution is -2.24. The van der Waals surface area contributed by atoms with Crippen LogP contribution in [-0.2, 0) is 6.42 Å². The number of carbonyl (C=O) groups is 1. The smallest absolute Gasteiger partial charge is 0.251 e. The first-order chi connectivity index (χ1) is 9.16. The summed E-state index contributed by atoms with van der Waals surface area (Å²) in [6.45, 7) is 2.34. The normalized spacial score (nSPS) is 10.4. The molecule has 0 spiro atoms. The monoisotopic (exact) mass is 260 g/mol. The van der Waals surface area contributed by atoms with E-state index in [9.17, 15) is 9.90 Å². The van der Waals surface area contributed by atoms with Crippen LogP contribution in [0.15, 0.2) is 24.5 Å². The van der Waals surface area contributed by atoms with Crippen LogP contribution in [0.4, 0.5) is 0 Å². The van der Waals surface area contributed by atoms with Gasteiger partial charge in [0.05, 0.1) is 0 Å². The average molecular weight is 260 g/mol. The highest BCUT2D eigenvalue weighted by Crippen LogP contribution is 2.17.